The van der Waals surface area contributed by atoms with Crippen LogP contribution in [0.3, 0.4) is 0 Å². The first kappa shape index (κ1) is 23.7. The molecule has 4 aromatic rings. The molecule has 1 atom stereocenters. The summed E-state index contributed by atoms with van der Waals surface area (Å²) in [4.78, 5) is 16.9. The van der Waals surface area contributed by atoms with Gasteiger partial charge in [-0.3, -0.25) is 4.79 Å². The summed E-state index contributed by atoms with van der Waals surface area (Å²) < 4.78 is 30.9. The van der Waals surface area contributed by atoms with Crippen LogP contribution in [0.25, 0.3) is 22.4 Å². The largest absolute Gasteiger partial charge is 0.394 e. The molecule has 0 radical (unpaired) electrons. The third-order valence-corrected chi connectivity index (χ3v) is 5.85. The van der Waals surface area contributed by atoms with E-state index in [1.807, 2.05) is 22.6 Å². The minimum atomic E-state index is -0.903. The standard InChI is InChI=1S/C23H19F2IN6O2/c1-32-21(10-29-31-32)14-6-18(22(27)28-9-14)12-2-3-17(19(25)7-12)23(34)30-20(11-33)13-4-15(24)8-16(26)5-13/h2-10,20,33H,11H2,1H3,(H2,27,28)(H,30,34)/t20-/m1/s1. The third kappa shape index (κ3) is 4.89. The van der Waals surface area contributed by atoms with Gasteiger partial charge < -0.3 is 16.2 Å². The molecule has 8 nitrogen and oxygen atoms in total. The smallest absolute Gasteiger partial charge is 0.254 e. The zero-order valence-corrected chi connectivity index (χ0v) is 20.0. The van der Waals surface area contributed by atoms with Gasteiger partial charge in [-0.15, -0.1) is 5.10 Å². The Hall–Kier alpha value is -3.45. The quantitative estimate of drug-likeness (QED) is 0.303. The van der Waals surface area contributed by atoms with E-state index in [1.54, 1.807) is 42.3 Å². The molecule has 0 fully saturated rings. The van der Waals surface area contributed by atoms with E-state index in [0.717, 1.165) is 0 Å². The number of halogens is 3. The summed E-state index contributed by atoms with van der Waals surface area (Å²) >= 11 is 1.93. The van der Waals surface area contributed by atoms with Crippen LogP contribution in [-0.4, -0.2) is 37.6 Å². The number of carbonyl (C=O) groups is 1. The summed E-state index contributed by atoms with van der Waals surface area (Å²) in [5.74, 6) is -1.84. The number of nitrogens with zero attached hydrogens (tertiary/aromatic N) is 4. The molecule has 0 saturated carbocycles. The number of nitrogens with one attached hydrogen (secondary N) is 1. The molecule has 11 heteroatoms. The summed E-state index contributed by atoms with van der Waals surface area (Å²) in [5.41, 5.74) is 8.46. The van der Waals surface area contributed by atoms with Crippen molar-refractivity contribution in [1.29, 1.82) is 0 Å². The number of aliphatic hydroxyl groups excluding tert-OH is 1. The van der Waals surface area contributed by atoms with Crippen LogP contribution in [0.4, 0.5) is 14.6 Å². The number of hydrogen-bond acceptors (Lipinski definition) is 6. The molecule has 0 aliphatic carbocycles. The fourth-order valence-electron chi connectivity index (χ4n) is 3.51. The van der Waals surface area contributed by atoms with Crippen LogP contribution < -0.4 is 11.1 Å². The number of hydrogen-bond donors (Lipinski definition) is 3. The number of rotatable bonds is 6. The first-order chi connectivity index (χ1) is 16.3. The number of aromatic nitrogens is 4. The highest BCUT2D eigenvalue weighted by molar-refractivity contribution is 14.1. The van der Waals surface area contributed by atoms with Gasteiger partial charge in [-0.2, -0.15) is 0 Å². The van der Waals surface area contributed by atoms with E-state index in [4.69, 9.17) is 5.73 Å². The molecule has 34 heavy (non-hydrogen) atoms. The van der Waals surface area contributed by atoms with Crippen molar-refractivity contribution in [3.8, 4) is 22.4 Å². The van der Waals surface area contributed by atoms with Crippen molar-refractivity contribution in [2.75, 3.05) is 12.3 Å². The first-order valence-electron chi connectivity index (χ1n) is 10.0. The van der Waals surface area contributed by atoms with Crippen molar-refractivity contribution < 1.29 is 18.7 Å². The van der Waals surface area contributed by atoms with Gasteiger partial charge in [0, 0.05) is 27.9 Å². The highest BCUT2D eigenvalue weighted by atomic mass is 127. The van der Waals surface area contributed by atoms with E-state index in [1.165, 1.54) is 24.3 Å². The molecule has 0 aliphatic rings. The lowest BCUT2D eigenvalue weighted by atomic mass is 10.0. The number of aliphatic hydroxyl groups is 1. The highest BCUT2D eigenvalue weighted by Crippen LogP contribution is 2.30. The average Bonchev–Trinajstić information content (AvgIpc) is 3.22. The van der Waals surface area contributed by atoms with E-state index in [0.29, 0.717) is 31.5 Å². The predicted octanol–water partition coefficient (Wildman–Crippen LogP) is 3.47. The van der Waals surface area contributed by atoms with Crippen molar-refractivity contribution in [2.24, 2.45) is 7.05 Å². The first-order valence-corrected chi connectivity index (χ1v) is 11.1. The lowest BCUT2D eigenvalue weighted by Gasteiger charge is -2.18. The normalized spacial score (nSPS) is 11.9. The molecular formula is C23H19F2IN6O2. The molecule has 174 valence electrons. The molecule has 4 N–H and O–H groups in total. The van der Waals surface area contributed by atoms with Crippen molar-refractivity contribution in [3.63, 3.8) is 0 Å². The summed E-state index contributed by atoms with van der Waals surface area (Å²) in [5, 5.41) is 20.0. The van der Waals surface area contributed by atoms with E-state index < -0.39 is 30.2 Å². The van der Waals surface area contributed by atoms with Crippen molar-refractivity contribution in [1.82, 2.24) is 25.3 Å². The SMILES string of the molecule is Cn1nncc1-c1cnc(N)c(-c2ccc(C(=O)N[C@H](CO)c3cc(F)cc(I)c3)c(F)c2)c1. The van der Waals surface area contributed by atoms with Crippen molar-refractivity contribution in [2.45, 2.75) is 6.04 Å². The Kier molecular flexibility index (Phi) is 6.84. The number of aryl methyl sites for hydroxylation is 1. The van der Waals surface area contributed by atoms with Gasteiger partial charge in [-0.05, 0) is 70.1 Å². The zero-order chi connectivity index (χ0) is 24.4. The van der Waals surface area contributed by atoms with E-state index in [9.17, 15) is 18.7 Å². The fraction of sp³-hybridized carbons (Fsp3) is 0.130. The highest BCUT2D eigenvalue weighted by Gasteiger charge is 2.20. The number of nitrogen functional groups attached to an aromatic ring is 1. The minimum Gasteiger partial charge on any atom is -0.394 e. The predicted molar refractivity (Wildman–Crippen MR) is 130 cm³/mol. The second-order valence-electron chi connectivity index (χ2n) is 7.51. The molecular weight excluding hydrogens is 557 g/mol. The topological polar surface area (TPSA) is 119 Å². The number of pyridine rings is 1. The molecule has 0 bridgehead atoms. The summed E-state index contributed by atoms with van der Waals surface area (Å²) in [6, 6.07) is 9.06. The Morgan fingerprint density at radius 1 is 1.18 bits per heavy atom. The average molecular weight is 576 g/mol. The molecule has 2 heterocycles. The van der Waals surface area contributed by atoms with Gasteiger partial charge in [0.2, 0.25) is 0 Å². The second kappa shape index (κ2) is 9.81. The summed E-state index contributed by atoms with van der Waals surface area (Å²) in [6.45, 7) is -0.483. The molecule has 0 aliphatic heterocycles. The van der Waals surface area contributed by atoms with Gasteiger partial charge in [0.25, 0.3) is 5.91 Å². The minimum absolute atomic E-state index is 0.191. The van der Waals surface area contributed by atoms with Crippen LogP contribution in [0, 0.1) is 15.2 Å². The molecule has 1 amide bonds. The lowest BCUT2D eigenvalue weighted by Crippen LogP contribution is -2.31. The maximum atomic E-state index is 15.0. The Labute approximate surface area is 207 Å². The molecule has 4 rings (SSSR count). The maximum absolute atomic E-state index is 15.0. The van der Waals surface area contributed by atoms with Gasteiger partial charge in [0.1, 0.15) is 17.5 Å². The number of anilines is 1. The van der Waals surface area contributed by atoms with Crippen LogP contribution in [0.2, 0.25) is 0 Å². The zero-order valence-electron chi connectivity index (χ0n) is 17.8. The molecule has 0 unspecified atom stereocenters. The molecule has 0 spiro atoms. The Bertz CT molecular complexity index is 1360. The lowest BCUT2D eigenvalue weighted by molar-refractivity contribution is 0.0912. The fourth-order valence-corrected chi connectivity index (χ4v) is 4.17. The Balaban J connectivity index is 1.61. The number of carbonyl (C=O) groups excluding carboxylic acids is 1. The number of amides is 1. The van der Waals surface area contributed by atoms with Gasteiger partial charge in [0.05, 0.1) is 30.1 Å². The van der Waals surface area contributed by atoms with Gasteiger partial charge >= 0.3 is 0 Å². The van der Waals surface area contributed by atoms with Crippen LogP contribution in [0.1, 0.15) is 22.0 Å². The van der Waals surface area contributed by atoms with E-state index in [-0.39, 0.29) is 11.4 Å². The van der Waals surface area contributed by atoms with Crippen LogP contribution in [-0.2, 0) is 7.05 Å². The van der Waals surface area contributed by atoms with Crippen molar-refractivity contribution in [3.05, 3.63) is 81.2 Å². The van der Waals surface area contributed by atoms with Gasteiger partial charge in [0.15, 0.2) is 0 Å². The Morgan fingerprint density at radius 2 is 1.97 bits per heavy atom. The molecule has 2 aromatic carbocycles. The van der Waals surface area contributed by atoms with E-state index in [2.05, 4.69) is 20.6 Å². The second-order valence-corrected chi connectivity index (χ2v) is 8.75. The van der Waals surface area contributed by atoms with Crippen LogP contribution in [0.5, 0.6) is 0 Å². The molecule has 0 saturated heterocycles. The van der Waals surface area contributed by atoms with Gasteiger partial charge in [-0.1, -0.05) is 11.3 Å². The number of nitrogens with two attached hydrogens (primary N) is 1. The van der Waals surface area contributed by atoms with Crippen molar-refractivity contribution >= 4 is 34.3 Å². The summed E-state index contributed by atoms with van der Waals surface area (Å²) in [6.07, 6.45) is 3.14. The number of benzene rings is 2. The maximum Gasteiger partial charge on any atom is 0.254 e. The van der Waals surface area contributed by atoms with Crippen LogP contribution >= 0.6 is 22.6 Å². The van der Waals surface area contributed by atoms with Gasteiger partial charge in [-0.25, -0.2) is 18.4 Å². The molecule has 2 aromatic heterocycles. The monoisotopic (exact) mass is 576 g/mol. The van der Waals surface area contributed by atoms with E-state index >= 15 is 0 Å². The summed E-state index contributed by atoms with van der Waals surface area (Å²) in [7, 11) is 1.73. The van der Waals surface area contributed by atoms with Crippen LogP contribution in [0.15, 0.2) is 54.9 Å². The Morgan fingerprint density at radius 3 is 2.62 bits per heavy atom. The third-order valence-electron chi connectivity index (χ3n) is 5.23.